The Kier molecular flexibility index (Phi) is 7.00. The van der Waals surface area contributed by atoms with Crippen LogP contribution in [-0.4, -0.2) is 23.8 Å². The first-order chi connectivity index (χ1) is 16.1. The molecule has 0 saturated carbocycles. The Balaban J connectivity index is 1.76. The summed E-state index contributed by atoms with van der Waals surface area (Å²) in [5, 5.41) is 13.8. The van der Waals surface area contributed by atoms with Crippen LogP contribution in [0.25, 0.3) is 0 Å². The maximum atomic E-state index is 12.9. The molecular weight excluding hydrogens is 457 g/mol. The number of amides is 2. The van der Waals surface area contributed by atoms with Gasteiger partial charge in [0, 0.05) is 11.6 Å². The number of nitrogens with one attached hydrogen (secondary N) is 3. The van der Waals surface area contributed by atoms with Gasteiger partial charge < -0.3 is 10.1 Å². The average Bonchev–Trinajstić information content (AvgIpc) is 2.82. The number of nitrogens with zero attached hydrogens (tertiary/aromatic N) is 1. The topological polar surface area (TPSA) is 123 Å². The van der Waals surface area contributed by atoms with Gasteiger partial charge in [-0.3, -0.25) is 30.6 Å². The minimum atomic E-state index is -4.77. The lowest BCUT2D eigenvalue weighted by Crippen LogP contribution is -2.30. The second-order valence-electron chi connectivity index (χ2n) is 6.79. The number of alkyl halides is 3. The Labute approximate surface area is 190 Å². The molecule has 2 amide bonds. The van der Waals surface area contributed by atoms with Gasteiger partial charge in [-0.1, -0.05) is 12.1 Å². The summed E-state index contributed by atoms with van der Waals surface area (Å²) in [6.45, 7) is 0. The number of nitro benzene ring substituents is 1. The Morgan fingerprint density at radius 3 is 2.24 bits per heavy atom. The Hall–Kier alpha value is -4.61. The van der Waals surface area contributed by atoms with Crippen molar-refractivity contribution >= 4 is 28.9 Å². The molecule has 0 aliphatic heterocycles. The number of halogens is 3. The van der Waals surface area contributed by atoms with Crippen molar-refractivity contribution < 1.29 is 32.4 Å². The lowest BCUT2D eigenvalue weighted by atomic mass is 10.1. The van der Waals surface area contributed by atoms with Gasteiger partial charge in [0.1, 0.15) is 11.4 Å². The number of anilines is 2. The first-order valence-corrected chi connectivity index (χ1v) is 9.56. The number of benzene rings is 3. The number of hydrogen-bond acceptors (Lipinski definition) is 6. The number of hydrogen-bond donors (Lipinski definition) is 3. The predicted molar refractivity (Wildman–Crippen MR) is 117 cm³/mol. The number of ether oxygens (including phenoxy) is 1. The van der Waals surface area contributed by atoms with E-state index in [1.165, 1.54) is 37.4 Å². The minimum absolute atomic E-state index is 0.00595. The van der Waals surface area contributed by atoms with Crippen LogP contribution in [0.3, 0.4) is 0 Å². The summed E-state index contributed by atoms with van der Waals surface area (Å²) in [6, 6.07) is 14.0. The van der Waals surface area contributed by atoms with E-state index in [2.05, 4.69) is 16.2 Å². The van der Waals surface area contributed by atoms with Crippen molar-refractivity contribution in [1.29, 1.82) is 0 Å². The van der Waals surface area contributed by atoms with Crippen molar-refractivity contribution in [2.24, 2.45) is 0 Å². The molecule has 12 heteroatoms. The quantitative estimate of drug-likeness (QED) is 0.339. The van der Waals surface area contributed by atoms with Gasteiger partial charge in [-0.05, 0) is 48.5 Å². The van der Waals surface area contributed by atoms with Crippen LogP contribution in [0, 0.1) is 10.1 Å². The fraction of sp³-hybridized carbons (Fsp3) is 0.0909. The molecule has 0 heterocycles. The monoisotopic (exact) mass is 474 g/mol. The molecule has 0 fully saturated rings. The van der Waals surface area contributed by atoms with E-state index in [-0.39, 0.29) is 16.9 Å². The van der Waals surface area contributed by atoms with E-state index in [1.54, 1.807) is 18.2 Å². The van der Waals surface area contributed by atoms with Crippen LogP contribution >= 0.6 is 0 Å². The van der Waals surface area contributed by atoms with Crippen molar-refractivity contribution in [3.8, 4) is 5.75 Å². The summed E-state index contributed by atoms with van der Waals surface area (Å²) in [5.41, 5.74) is 2.47. The van der Waals surface area contributed by atoms with Crippen LogP contribution in [0.2, 0.25) is 0 Å². The molecule has 34 heavy (non-hydrogen) atoms. The molecule has 176 valence electrons. The third-order valence-electron chi connectivity index (χ3n) is 4.60. The number of rotatable bonds is 7. The molecule has 0 aliphatic rings. The number of nitro groups is 1. The second kappa shape index (κ2) is 9.90. The van der Waals surface area contributed by atoms with E-state index in [4.69, 9.17) is 4.74 Å². The van der Waals surface area contributed by atoms with Gasteiger partial charge >= 0.3 is 6.18 Å². The lowest BCUT2D eigenvalue weighted by molar-refractivity contribution is -0.384. The van der Waals surface area contributed by atoms with E-state index in [1.807, 2.05) is 0 Å². The molecule has 0 radical (unpaired) electrons. The highest BCUT2D eigenvalue weighted by Crippen LogP contribution is 2.34. The zero-order chi connectivity index (χ0) is 24.9. The minimum Gasteiger partial charge on any atom is -0.497 e. The molecule has 9 nitrogen and oxygen atoms in total. The molecule has 0 aromatic heterocycles. The van der Waals surface area contributed by atoms with Crippen molar-refractivity contribution in [2.75, 3.05) is 17.9 Å². The van der Waals surface area contributed by atoms with Gasteiger partial charge in [-0.25, -0.2) is 0 Å². The van der Waals surface area contributed by atoms with Crippen molar-refractivity contribution in [3.05, 3.63) is 93.5 Å². The molecule has 0 aliphatic carbocycles. The molecule has 3 aromatic rings. The molecule has 0 saturated heterocycles. The molecule has 3 N–H and O–H groups in total. The van der Waals surface area contributed by atoms with Gasteiger partial charge in [-0.15, -0.1) is 0 Å². The summed E-state index contributed by atoms with van der Waals surface area (Å²) < 4.78 is 43.6. The summed E-state index contributed by atoms with van der Waals surface area (Å²) in [6.07, 6.45) is -4.77. The number of carbonyl (C=O) groups excluding carboxylic acids is 2. The lowest BCUT2D eigenvalue weighted by Gasteiger charge is -2.14. The molecular formula is C22H17F3N4O5. The number of hydrazine groups is 1. The summed E-state index contributed by atoms with van der Waals surface area (Å²) in [5.74, 6) is -0.742. The van der Waals surface area contributed by atoms with Crippen LogP contribution < -0.4 is 20.9 Å². The summed E-state index contributed by atoms with van der Waals surface area (Å²) >= 11 is 0. The van der Waals surface area contributed by atoms with E-state index >= 15 is 0 Å². The third kappa shape index (κ3) is 5.59. The number of methoxy groups -OCH3 is 1. The third-order valence-corrected chi connectivity index (χ3v) is 4.60. The van der Waals surface area contributed by atoms with Gasteiger partial charge in [0.05, 0.1) is 28.8 Å². The zero-order valence-corrected chi connectivity index (χ0v) is 17.5. The normalized spacial score (nSPS) is 10.8. The molecule has 0 bridgehead atoms. The van der Waals surface area contributed by atoms with Crippen LogP contribution in [0.1, 0.15) is 26.3 Å². The molecule has 0 unspecified atom stereocenters. The summed E-state index contributed by atoms with van der Waals surface area (Å²) in [4.78, 5) is 35.4. The molecule has 0 atom stereocenters. The zero-order valence-electron chi connectivity index (χ0n) is 17.5. The highest BCUT2D eigenvalue weighted by molar-refractivity contribution is 6.09. The van der Waals surface area contributed by atoms with Gasteiger partial charge in [0.25, 0.3) is 17.5 Å². The van der Waals surface area contributed by atoms with Crippen LogP contribution in [-0.2, 0) is 6.18 Å². The molecule has 3 rings (SSSR count). The van der Waals surface area contributed by atoms with E-state index in [0.29, 0.717) is 23.4 Å². The second-order valence-corrected chi connectivity index (χ2v) is 6.79. The predicted octanol–water partition coefficient (Wildman–Crippen LogP) is 4.63. The standard InChI is InChI=1S/C22H17F3N4O5/c1-34-15-9-6-13(7-10-15)20(30)26-17-5-3-2-4-16(17)21(31)28-27-18-11-8-14(22(23,24)25)12-19(18)29(32)33/h2-12,27H,1H3,(H,26,30)(H,28,31). The Bertz CT molecular complexity index is 1230. The molecule has 3 aromatic carbocycles. The Morgan fingerprint density at radius 2 is 1.62 bits per heavy atom. The van der Waals surface area contributed by atoms with Crippen molar-refractivity contribution in [3.63, 3.8) is 0 Å². The maximum Gasteiger partial charge on any atom is 0.416 e. The fourth-order valence-corrected chi connectivity index (χ4v) is 2.88. The van der Waals surface area contributed by atoms with E-state index in [9.17, 15) is 32.9 Å². The van der Waals surface area contributed by atoms with Crippen molar-refractivity contribution in [1.82, 2.24) is 5.43 Å². The maximum absolute atomic E-state index is 12.9. The van der Waals surface area contributed by atoms with Crippen LogP contribution in [0.4, 0.5) is 30.2 Å². The van der Waals surface area contributed by atoms with Gasteiger partial charge in [0.15, 0.2) is 0 Å². The molecule has 0 spiro atoms. The first kappa shape index (κ1) is 24.0. The fourth-order valence-electron chi connectivity index (χ4n) is 2.88. The highest BCUT2D eigenvalue weighted by Gasteiger charge is 2.33. The van der Waals surface area contributed by atoms with Crippen molar-refractivity contribution in [2.45, 2.75) is 6.18 Å². The largest absolute Gasteiger partial charge is 0.497 e. The summed E-state index contributed by atoms with van der Waals surface area (Å²) in [7, 11) is 1.48. The van der Waals surface area contributed by atoms with Crippen LogP contribution in [0.15, 0.2) is 66.7 Å². The number of para-hydroxylation sites is 1. The first-order valence-electron chi connectivity index (χ1n) is 9.56. The Morgan fingerprint density at radius 1 is 0.941 bits per heavy atom. The SMILES string of the molecule is COc1ccc(C(=O)Nc2ccccc2C(=O)NNc2ccc(C(F)(F)F)cc2[N+](=O)[O-])cc1. The van der Waals surface area contributed by atoms with Gasteiger partial charge in [-0.2, -0.15) is 13.2 Å². The van der Waals surface area contributed by atoms with E-state index < -0.39 is 34.2 Å². The van der Waals surface area contributed by atoms with Crippen LogP contribution in [0.5, 0.6) is 5.75 Å². The highest BCUT2D eigenvalue weighted by atomic mass is 19.4. The number of carbonyl (C=O) groups is 2. The smallest absolute Gasteiger partial charge is 0.416 e. The van der Waals surface area contributed by atoms with Gasteiger partial charge in [0.2, 0.25) is 0 Å². The van der Waals surface area contributed by atoms with E-state index in [0.717, 1.165) is 6.07 Å². The average molecular weight is 474 g/mol.